The summed E-state index contributed by atoms with van der Waals surface area (Å²) in [5, 5.41) is 11.0. The van der Waals surface area contributed by atoms with E-state index in [2.05, 4.69) is 0 Å². The maximum Gasteiger partial charge on any atom is 0.300 e. The Labute approximate surface area is 194 Å². The van der Waals surface area contributed by atoms with Gasteiger partial charge in [-0.05, 0) is 48.0 Å². The van der Waals surface area contributed by atoms with Gasteiger partial charge in [-0.3, -0.25) is 14.5 Å². The zero-order valence-corrected chi connectivity index (χ0v) is 18.5. The number of aliphatic hydroxyl groups is 1. The van der Waals surface area contributed by atoms with E-state index < -0.39 is 23.5 Å². The predicted octanol–water partition coefficient (Wildman–Crippen LogP) is 5.12. The minimum atomic E-state index is -0.998. The van der Waals surface area contributed by atoms with Gasteiger partial charge in [0.1, 0.15) is 23.1 Å². The minimum absolute atomic E-state index is 0.130. The van der Waals surface area contributed by atoms with E-state index in [1.54, 1.807) is 48.5 Å². The van der Waals surface area contributed by atoms with Crippen molar-refractivity contribution < 1.29 is 28.6 Å². The third-order valence-corrected chi connectivity index (χ3v) is 5.71. The van der Waals surface area contributed by atoms with Crippen LogP contribution in [-0.2, 0) is 9.59 Å². The largest absolute Gasteiger partial charge is 0.507 e. The van der Waals surface area contributed by atoms with Crippen molar-refractivity contribution in [1.29, 1.82) is 0 Å². The van der Waals surface area contributed by atoms with Crippen LogP contribution in [0.15, 0.2) is 72.3 Å². The van der Waals surface area contributed by atoms with Gasteiger partial charge in [0, 0.05) is 5.69 Å². The highest BCUT2D eigenvalue weighted by atomic mass is 35.5. The number of hydrogen-bond acceptors (Lipinski definition) is 5. The van der Waals surface area contributed by atoms with Gasteiger partial charge in [-0.25, -0.2) is 4.39 Å². The molecule has 168 valence electrons. The van der Waals surface area contributed by atoms with Crippen molar-refractivity contribution in [2.45, 2.75) is 6.04 Å². The lowest BCUT2D eigenvalue weighted by Gasteiger charge is -2.26. The third-order valence-electron chi connectivity index (χ3n) is 5.42. The van der Waals surface area contributed by atoms with E-state index in [-0.39, 0.29) is 27.6 Å². The van der Waals surface area contributed by atoms with Crippen molar-refractivity contribution in [2.24, 2.45) is 0 Å². The molecule has 0 bridgehead atoms. The average molecular weight is 468 g/mol. The molecular formula is C25H19ClFNO5. The molecule has 1 N–H and O–H groups in total. The van der Waals surface area contributed by atoms with E-state index in [4.69, 9.17) is 21.1 Å². The molecular weight excluding hydrogens is 449 g/mol. The van der Waals surface area contributed by atoms with Crippen LogP contribution >= 0.6 is 11.6 Å². The monoisotopic (exact) mass is 467 g/mol. The number of halogens is 2. The predicted molar refractivity (Wildman–Crippen MR) is 122 cm³/mol. The number of amides is 1. The highest BCUT2D eigenvalue weighted by molar-refractivity contribution is 6.51. The van der Waals surface area contributed by atoms with Crippen molar-refractivity contribution in [3.63, 3.8) is 0 Å². The molecule has 1 aliphatic rings. The normalized spacial score (nSPS) is 17.3. The highest BCUT2D eigenvalue weighted by Gasteiger charge is 2.47. The van der Waals surface area contributed by atoms with Crippen molar-refractivity contribution in [1.82, 2.24) is 0 Å². The van der Waals surface area contributed by atoms with Gasteiger partial charge >= 0.3 is 0 Å². The molecule has 0 aliphatic carbocycles. The molecule has 1 fully saturated rings. The molecule has 8 heteroatoms. The summed E-state index contributed by atoms with van der Waals surface area (Å²) in [6.45, 7) is 0. The number of hydrogen-bond donors (Lipinski definition) is 1. The van der Waals surface area contributed by atoms with Gasteiger partial charge in [-0.1, -0.05) is 35.9 Å². The third kappa shape index (κ3) is 3.91. The number of benzene rings is 3. The second-order valence-electron chi connectivity index (χ2n) is 7.24. The molecule has 1 heterocycles. The summed E-state index contributed by atoms with van der Waals surface area (Å²) in [6, 6.07) is 16.1. The van der Waals surface area contributed by atoms with Crippen LogP contribution in [0.2, 0.25) is 5.02 Å². The van der Waals surface area contributed by atoms with E-state index in [1.807, 2.05) is 0 Å². The average Bonchev–Trinajstić information content (AvgIpc) is 3.10. The van der Waals surface area contributed by atoms with Crippen LogP contribution in [0.25, 0.3) is 5.76 Å². The number of ketones is 1. The van der Waals surface area contributed by atoms with Crippen molar-refractivity contribution in [3.05, 3.63) is 94.3 Å². The molecule has 4 rings (SSSR count). The van der Waals surface area contributed by atoms with Crippen molar-refractivity contribution >= 4 is 34.7 Å². The first-order chi connectivity index (χ1) is 15.9. The molecule has 0 saturated carbocycles. The molecule has 33 heavy (non-hydrogen) atoms. The molecule has 0 aromatic heterocycles. The van der Waals surface area contributed by atoms with Crippen LogP contribution in [0.1, 0.15) is 17.2 Å². The van der Waals surface area contributed by atoms with Gasteiger partial charge in [-0.2, -0.15) is 0 Å². The molecule has 1 saturated heterocycles. The van der Waals surface area contributed by atoms with Gasteiger partial charge in [0.25, 0.3) is 11.7 Å². The Balaban J connectivity index is 1.97. The van der Waals surface area contributed by atoms with E-state index >= 15 is 0 Å². The van der Waals surface area contributed by atoms with E-state index in [0.29, 0.717) is 17.1 Å². The van der Waals surface area contributed by atoms with Gasteiger partial charge in [0.15, 0.2) is 0 Å². The number of nitrogens with zero attached hydrogens (tertiary/aromatic N) is 1. The molecule has 0 spiro atoms. The van der Waals surface area contributed by atoms with Crippen LogP contribution in [-0.4, -0.2) is 31.0 Å². The fourth-order valence-electron chi connectivity index (χ4n) is 3.82. The number of ether oxygens (including phenoxy) is 2. The molecule has 1 unspecified atom stereocenters. The van der Waals surface area contributed by atoms with Crippen LogP contribution in [0.5, 0.6) is 11.5 Å². The molecule has 3 aromatic carbocycles. The first-order valence-corrected chi connectivity index (χ1v) is 10.3. The summed E-state index contributed by atoms with van der Waals surface area (Å²) in [6.07, 6.45) is 0. The number of methoxy groups -OCH3 is 2. The zero-order chi connectivity index (χ0) is 23.7. The highest BCUT2D eigenvalue weighted by Crippen LogP contribution is 2.44. The Kier molecular flexibility index (Phi) is 6.07. The first kappa shape index (κ1) is 22.4. The summed E-state index contributed by atoms with van der Waals surface area (Å²) in [4.78, 5) is 27.5. The number of anilines is 1. The number of para-hydroxylation sites is 1. The number of carbonyl (C=O) groups is 2. The van der Waals surface area contributed by atoms with Gasteiger partial charge in [-0.15, -0.1) is 0 Å². The van der Waals surface area contributed by atoms with Crippen LogP contribution < -0.4 is 14.4 Å². The Hall–Kier alpha value is -3.84. The summed E-state index contributed by atoms with van der Waals surface area (Å²) in [5.74, 6) is -1.91. The maximum atomic E-state index is 13.8. The molecule has 1 aliphatic heterocycles. The standard InChI is InChI=1S/C25H19ClFNO5/c1-32-16-10-7-14(8-11-16)22-21(23(29)17-5-3-4-6-20(17)33-2)24(30)25(31)28(22)15-9-12-19(27)18(26)13-15/h3-13,22,29H,1-2H3/b23-21+. The number of rotatable bonds is 5. The van der Waals surface area contributed by atoms with Crippen molar-refractivity contribution in [3.8, 4) is 11.5 Å². The summed E-state index contributed by atoms with van der Waals surface area (Å²) < 4.78 is 24.3. The molecule has 3 aromatic rings. The Morgan fingerprint density at radius 2 is 1.70 bits per heavy atom. The molecule has 1 atom stereocenters. The minimum Gasteiger partial charge on any atom is -0.507 e. The van der Waals surface area contributed by atoms with Crippen LogP contribution in [0, 0.1) is 5.82 Å². The lowest BCUT2D eigenvalue weighted by Crippen LogP contribution is -2.29. The summed E-state index contributed by atoms with van der Waals surface area (Å²) in [7, 11) is 2.95. The second kappa shape index (κ2) is 8.96. The Morgan fingerprint density at radius 3 is 2.33 bits per heavy atom. The number of Topliss-reactive ketones (excluding diaryl/α,β-unsaturated/α-hetero) is 1. The summed E-state index contributed by atoms with van der Waals surface area (Å²) in [5.41, 5.74) is 0.874. The fourth-order valence-corrected chi connectivity index (χ4v) is 4.00. The molecule has 1 amide bonds. The van der Waals surface area contributed by atoms with Crippen LogP contribution in [0.3, 0.4) is 0 Å². The quantitative estimate of drug-likeness (QED) is 0.320. The smallest absolute Gasteiger partial charge is 0.300 e. The Bertz CT molecular complexity index is 1270. The maximum absolute atomic E-state index is 13.8. The second-order valence-corrected chi connectivity index (χ2v) is 7.65. The molecule has 6 nitrogen and oxygen atoms in total. The Morgan fingerprint density at radius 1 is 1.00 bits per heavy atom. The van der Waals surface area contributed by atoms with E-state index in [9.17, 15) is 19.1 Å². The fraction of sp³-hybridized carbons (Fsp3) is 0.120. The van der Waals surface area contributed by atoms with Crippen molar-refractivity contribution in [2.75, 3.05) is 19.1 Å². The summed E-state index contributed by atoms with van der Waals surface area (Å²) >= 11 is 5.95. The topological polar surface area (TPSA) is 76.1 Å². The van der Waals surface area contributed by atoms with Gasteiger partial charge in [0.05, 0.1) is 36.4 Å². The van der Waals surface area contributed by atoms with Gasteiger partial charge in [0.2, 0.25) is 0 Å². The lowest BCUT2D eigenvalue weighted by atomic mass is 9.94. The zero-order valence-electron chi connectivity index (χ0n) is 17.7. The van der Waals surface area contributed by atoms with Gasteiger partial charge < -0.3 is 14.6 Å². The van der Waals surface area contributed by atoms with E-state index in [1.165, 1.54) is 31.3 Å². The lowest BCUT2D eigenvalue weighted by molar-refractivity contribution is -0.132. The SMILES string of the molecule is COc1ccc(C2/C(=C(\O)c3ccccc3OC)C(=O)C(=O)N2c2ccc(F)c(Cl)c2)cc1. The first-order valence-electron chi connectivity index (χ1n) is 9.90. The molecule has 0 radical (unpaired) electrons. The number of carbonyl (C=O) groups excluding carboxylic acids is 2. The van der Waals surface area contributed by atoms with Crippen LogP contribution in [0.4, 0.5) is 10.1 Å². The van der Waals surface area contributed by atoms with E-state index in [0.717, 1.165) is 6.07 Å². The number of aliphatic hydroxyl groups excluding tert-OH is 1.